The van der Waals surface area contributed by atoms with E-state index in [4.69, 9.17) is 10.8 Å². The van der Waals surface area contributed by atoms with Crippen LogP contribution in [-0.4, -0.2) is 80.0 Å². The molecule has 8 N–H and O–H groups in total. The Morgan fingerprint density at radius 1 is 1.00 bits per heavy atom. The van der Waals surface area contributed by atoms with Crippen molar-refractivity contribution in [2.75, 3.05) is 6.61 Å². The highest BCUT2D eigenvalue weighted by atomic mass is 16.6. The summed E-state index contributed by atoms with van der Waals surface area (Å²) in [5, 5.41) is 56.1. The van der Waals surface area contributed by atoms with Crippen LogP contribution in [0.25, 0.3) is 0 Å². The summed E-state index contributed by atoms with van der Waals surface area (Å²) in [5.41, 5.74) is 6.41. The number of hydrogen-bond acceptors (Lipinski definition) is 9. The highest BCUT2D eigenvalue weighted by Crippen LogP contribution is 2.11. The molecule has 0 aliphatic rings. The van der Waals surface area contributed by atoms with Crippen molar-refractivity contribution in [3.05, 3.63) is 35.9 Å². The highest BCUT2D eigenvalue weighted by Gasteiger charge is 2.36. The molecule has 0 bridgehead atoms. The van der Waals surface area contributed by atoms with Crippen molar-refractivity contribution >= 4 is 5.97 Å². The largest absolute Gasteiger partial charge is 0.432 e. The first-order valence-electron chi connectivity index (χ1n) is 7.29. The van der Waals surface area contributed by atoms with E-state index in [0.29, 0.717) is 0 Å². The quantitative estimate of drug-likeness (QED) is 0.180. The molecule has 0 spiro atoms. The lowest BCUT2D eigenvalue weighted by Crippen LogP contribution is -2.51. The minimum atomic E-state index is -2.17. The second-order valence-corrected chi connectivity index (χ2v) is 5.35. The zero-order chi connectivity index (χ0) is 18.3. The van der Waals surface area contributed by atoms with Gasteiger partial charge in [0.1, 0.15) is 30.5 Å². The first-order chi connectivity index (χ1) is 11.3. The number of benzene rings is 1. The molecule has 0 saturated carbocycles. The first kappa shape index (κ1) is 20.5. The highest BCUT2D eigenvalue weighted by molar-refractivity contribution is 5.76. The van der Waals surface area contributed by atoms with Gasteiger partial charge in [0.05, 0.1) is 6.61 Å². The van der Waals surface area contributed by atoms with Gasteiger partial charge in [0.15, 0.2) is 0 Å². The molecule has 1 aromatic rings. The summed E-state index contributed by atoms with van der Waals surface area (Å²) in [6.45, 7) is -0.872. The van der Waals surface area contributed by atoms with Crippen LogP contribution in [-0.2, 0) is 16.0 Å². The van der Waals surface area contributed by atoms with E-state index in [1.54, 1.807) is 30.3 Å². The van der Waals surface area contributed by atoms with Crippen LogP contribution in [0.5, 0.6) is 0 Å². The summed E-state index contributed by atoms with van der Waals surface area (Å²) < 4.78 is 4.56. The van der Waals surface area contributed by atoms with E-state index in [0.717, 1.165) is 5.56 Å². The van der Waals surface area contributed by atoms with Crippen molar-refractivity contribution in [2.24, 2.45) is 5.73 Å². The van der Waals surface area contributed by atoms with Crippen LogP contribution in [0.4, 0.5) is 0 Å². The van der Waals surface area contributed by atoms with Gasteiger partial charge in [-0.1, -0.05) is 30.3 Å². The predicted octanol–water partition coefficient (Wildman–Crippen LogP) is -3.15. The number of aliphatic hydroxyl groups is 6. The molecule has 0 aliphatic carbocycles. The molecule has 9 heteroatoms. The zero-order valence-corrected chi connectivity index (χ0v) is 12.8. The molecule has 9 nitrogen and oxygen atoms in total. The number of nitrogens with two attached hydrogens (primary N) is 1. The van der Waals surface area contributed by atoms with Crippen molar-refractivity contribution in [1.29, 1.82) is 0 Å². The second-order valence-electron chi connectivity index (χ2n) is 5.35. The minimum absolute atomic E-state index is 0.136. The molecule has 0 radical (unpaired) electrons. The van der Waals surface area contributed by atoms with Gasteiger partial charge in [-0.15, -0.1) is 0 Å². The molecule has 136 valence electrons. The van der Waals surface area contributed by atoms with Gasteiger partial charge in [-0.2, -0.15) is 0 Å². The third-order valence-corrected chi connectivity index (χ3v) is 3.41. The monoisotopic (exact) mass is 345 g/mol. The summed E-state index contributed by atoms with van der Waals surface area (Å²) in [4.78, 5) is 11.8. The van der Waals surface area contributed by atoms with Crippen LogP contribution in [0.1, 0.15) is 5.56 Å². The molecular weight excluding hydrogens is 322 g/mol. The second kappa shape index (κ2) is 9.64. The van der Waals surface area contributed by atoms with Crippen molar-refractivity contribution in [2.45, 2.75) is 43.2 Å². The number of carbonyl (C=O) groups is 1. The molecule has 1 aromatic carbocycles. The summed E-state index contributed by atoms with van der Waals surface area (Å²) in [6, 6.07) is 7.69. The first-order valence-corrected chi connectivity index (χ1v) is 7.29. The van der Waals surface area contributed by atoms with Crippen molar-refractivity contribution in [3.8, 4) is 0 Å². The van der Waals surface area contributed by atoms with Gasteiger partial charge in [-0.05, 0) is 12.0 Å². The Balaban J connectivity index is 2.55. The smallest absolute Gasteiger partial charge is 0.325 e. The van der Waals surface area contributed by atoms with Crippen LogP contribution in [0.15, 0.2) is 30.3 Å². The number of ether oxygens (including phenoxy) is 1. The van der Waals surface area contributed by atoms with E-state index in [2.05, 4.69) is 4.74 Å². The average molecular weight is 345 g/mol. The van der Waals surface area contributed by atoms with Crippen molar-refractivity contribution in [1.82, 2.24) is 0 Å². The van der Waals surface area contributed by atoms with Crippen LogP contribution in [0.3, 0.4) is 0 Å². The van der Waals surface area contributed by atoms with Crippen molar-refractivity contribution in [3.63, 3.8) is 0 Å². The Morgan fingerprint density at radius 2 is 1.58 bits per heavy atom. The molecule has 1 unspecified atom stereocenters. The topological polar surface area (TPSA) is 174 Å². The van der Waals surface area contributed by atoms with Crippen LogP contribution in [0, 0.1) is 0 Å². The Labute approximate surface area is 138 Å². The van der Waals surface area contributed by atoms with E-state index in [1.165, 1.54) is 0 Å². The lowest BCUT2D eigenvalue weighted by atomic mass is 10.0. The number of aliphatic hydroxyl groups excluding tert-OH is 6. The van der Waals surface area contributed by atoms with E-state index >= 15 is 0 Å². The number of hydrogen-bond donors (Lipinski definition) is 7. The number of esters is 1. The molecule has 0 fully saturated rings. The standard InChI is InChI=1S/C15H23NO8/c16-9(6-8-4-2-1-3-5-8)14(22)24-15(23)13(21)12(20)11(19)10(18)7-17/h1-5,9-13,15,17-21,23H,6-7,16H2/t9-,10+,11+,12-,13-,15?/m0/s1. The lowest BCUT2D eigenvalue weighted by Gasteiger charge is -2.28. The Kier molecular flexibility index (Phi) is 8.22. The Bertz CT molecular complexity index is 500. The molecule has 1 rings (SSSR count). The average Bonchev–Trinajstić information content (AvgIpc) is 2.59. The summed E-state index contributed by atoms with van der Waals surface area (Å²) in [7, 11) is 0. The summed E-state index contributed by atoms with van der Waals surface area (Å²) >= 11 is 0. The lowest BCUT2D eigenvalue weighted by molar-refractivity contribution is -0.214. The zero-order valence-electron chi connectivity index (χ0n) is 12.8. The third-order valence-electron chi connectivity index (χ3n) is 3.41. The SMILES string of the molecule is N[C@@H](Cc1ccccc1)C(=O)OC(O)[C@@H](O)[C@@H](O)[C@H](O)[C@H](O)CO. The van der Waals surface area contributed by atoms with Crippen LogP contribution in [0.2, 0.25) is 0 Å². The molecule has 0 heterocycles. The van der Waals surface area contributed by atoms with Gasteiger partial charge >= 0.3 is 5.97 Å². The van der Waals surface area contributed by atoms with Gasteiger partial charge in [0, 0.05) is 0 Å². The predicted molar refractivity (Wildman–Crippen MR) is 81.3 cm³/mol. The van der Waals surface area contributed by atoms with Crippen LogP contribution < -0.4 is 5.73 Å². The molecular formula is C15H23NO8. The molecule has 6 atom stereocenters. The molecule has 0 aromatic heterocycles. The minimum Gasteiger partial charge on any atom is -0.432 e. The summed E-state index contributed by atoms with van der Waals surface area (Å²) in [5.74, 6) is -1.02. The van der Waals surface area contributed by atoms with E-state index < -0.39 is 49.3 Å². The molecule has 0 saturated heterocycles. The van der Waals surface area contributed by atoms with Gasteiger partial charge in [0.25, 0.3) is 0 Å². The molecule has 0 amide bonds. The fourth-order valence-electron chi connectivity index (χ4n) is 1.93. The maximum atomic E-state index is 11.8. The van der Waals surface area contributed by atoms with Gasteiger partial charge in [-0.25, -0.2) is 0 Å². The van der Waals surface area contributed by atoms with Gasteiger partial charge in [-0.3, -0.25) is 4.79 Å². The van der Waals surface area contributed by atoms with Gasteiger partial charge < -0.3 is 41.1 Å². The van der Waals surface area contributed by atoms with Crippen molar-refractivity contribution < 1.29 is 40.2 Å². The van der Waals surface area contributed by atoms with E-state index in [-0.39, 0.29) is 6.42 Å². The Morgan fingerprint density at radius 3 is 2.12 bits per heavy atom. The fraction of sp³-hybridized carbons (Fsp3) is 0.533. The van der Waals surface area contributed by atoms with Gasteiger partial charge in [0.2, 0.25) is 6.29 Å². The Hall–Kier alpha value is -1.59. The normalized spacial score (nSPS) is 19.0. The maximum absolute atomic E-state index is 11.8. The molecule has 0 aliphatic heterocycles. The van der Waals surface area contributed by atoms with Crippen LogP contribution >= 0.6 is 0 Å². The van der Waals surface area contributed by atoms with E-state index in [9.17, 15) is 30.3 Å². The summed E-state index contributed by atoms with van der Waals surface area (Å²) in [6.07, 6.45) is -9.88. The maximum Gasteiger partial charge on any atom is 0.325 e. The fourth-order valence-corrected chi connectivity index (χ4v) is 1.93. The third kappa shape index (κ3) is 5.80. The number of carbonyl (C=O) groups excluding carboxylic acids is 1. The number of rotatable bonds is 9. The molecule has 24 heavy (non-hydrogen) atoms. The van der Waals surface area contributed by atoms with E-state index in [1.807, 2.05) is 0 Å².